The monoisotopic (exact) mass is 503 g/mol. The predicted molar refractivity (Wildman–Crippen MR) is 132 cm³/mol. The van der Waals surface area contributed by atoms with Crippen molar-refractivity contribution < 1.29 is 23.2 Å². The SMILES string of the molecule is CC(C)C(=O)CNC(CC(=O)N1CCCC[C@@H]1C)C(=O)NC(C)c1ncc(-c2ccc(F)cc2F)[nH]1. The molecule has 36 heavy (non-hydrogen) atoms. The van der Waals surface area contributed by atoms with Crippen molar-refractivity contribution in [1.29, 1.82) is 0 Å². The van der Waals surface area contributed by atoms with E-state index in [-0.39, 0.29) is 42.2 Å². The zero-order chi connectivity index (χ0) is 26.4. The molecular weight excluding hydrogens is 468 g/mol. The first kappa shape index (κ1) is 27.4. The molecule has 1 aromatic carbocycles. The largest absolute Gasteiger partial charge is 0.345 e. The highest BCUT2D eigenvalue weighted by Crippen LogP contribution is 2.23. The third kappa shape index (κ3) is 6.96. The van der Waals surface area contributed by atoms with Gasteiger partial charge in [-0.15, -0.1) is 0 Å². The summed E-state index contributed by atoms with van der Waals surface area (Å²) in [6.45, 7) is 7.89. The van der Waals surface area contributed by atoms with E-state index >= 15 is 0 Å². The fourth-order valence-electron chi connectivity index (χ4n) is 4.23. The van der Waals surface area contributed by atoms with Gasteiger partial charge in [-0.1, -0.05) is 13.8 Å². The van der Waals surface area contributed by atoms with Gasteiger partial charge in [0.25, 0.3) is 0 Å². The first-order valence-corrected chi connectivity index (χ1v) is 12.4. The minimum absolute atomic E-state index is 0.0261. The van der Waals surface area contributed by atoms with E-state index in [0.29, 0.717) is 18.1 Å². The van der Waals surface area contributed by atoms with Crippen molar-refractivity contribution in [3.63, 3.8) is 0 Å². The lowest BCUT2D eigenvalue weighted by molar-refractivity contribution is -0.138. The number of piperidine rings is 1. The Morgan fingerprint density at radius 2 is 1.94 bits per heavy atom. The van der Waals surface area contributed by atoms with Gasteiger partial charge < -0.3 is 15.2 Å². The number of hydrogen-bond acceptors (Lipinski definition) is 5. The molecule has 3 N–H and O–H groups in total. The number of benzene rings is 1. The Morgan fingerprint density at radius 1 is 1.19 bits per heavy atom. The van der Waals surface area contributed by atoms with Crippen molar-refractivity contribution in [1.82, 2.24) is 25.5 Å². The number of carbonyl (C=O) groups is 3. The zero-order valence-electron chi connectivity index (χ0n) is 21.2. The molecule has 8 nitrogen and oxygen atoms in total. The average Bonchev–Trinajstić information content (AvgIpc) is 3.31. The number of aromatic nitrogens is 2. The maximum absolute atomic E-state index is 14.1. The molecular formula is C26H35F2N5O3. The summed E-state index contributed by atoms with van der Waals surface area (Å²) in [6.07, 6.45) is 4.26. The van der Waals surface area contributed by atoms with Gasteiger partial charge in [-0.05, 0) is 45.2 Å². The normalized spacial score (nSPS) is 17.6. The molecule has 1 aromatic heterocycles. The number of amides is 2. The number of H-pyrrole nitrogens is 1. The summed E-state index contributed by atoms with van der Waals surface area (Å²) in [4.78, 5) is 47.4. The van der Waals surface area contributed by atoms with Crippen molar-refractivity contribution in [2.45, 2.75) is 71.5 Å². The highest BCUT2D eigenvalue weighted by atomic mass is 19.1. The second kappa shape index (κ2) is 12.2. The van der Waals surface area contributed by atoms with Crippen molar-refractivity contribution in [2.24, 2.45) is 5.92 Å². The number of likely N-dealkylation sites (tertiary alicyclic amines) is 1. The summed E-state index contributed by atoms with van der Waals surface area (Å²) in [5, 5.41) is 5.79. The van der Waals surface area contributed by atoms with Crippen LogP contribution in [0.1, 0.15) is 65.2 Å². The number of ketones is 1. The van der Waals surface area contributed by atoms with Gasteiger partial charge in [0.2, 0.25) is 11.8 Å². The number of imidazole rings is 1. The topological polar surface area (TPSA) is 107 Å². The second-order valence-corrected chi connectivity index (χ2v) is 9.73. The lowest BCUT2D eigenvalue weighted by Gasteiger charge is -2.34. The maximum atomic E-state index is 14.1. The smallest absolute Gasteiger partial charge is 0.238 e. The van der Waals surface area contributed by atoms with Crippen LogP contribution < -0.4 is 10.6 Å². The number of halogens is 2. The summed E-state index contributed by atoms with van der Waals surface area (Å²) in [5.74, 6) is -1.88. The Balaban J connectivity index is 1.70. The third-order valence-electron chi connectivity index (χ3n) is 6.57. The Labute approximate surface area is 210 Å². The predicted octanol–water partition coefficient (Wildman–Crippen LogP) is 3.51. The van der Waals surface area contributed by atoms with E-state index in [9.17, 15) is 23.2 Å². The van der Waals surface area contributed by atoms with Crippen molar-refractivity contribution >= 4 is 17.6 Å². The van der Waals surface area contributed by atoms with Gasteiger partial charge in [-0.3, -0.25) is 19.7 Å². The maximum Gasteiger partial charge on any atom is 0.238 e. The minimum atomic E-state index is -0.902. The van der Waals surface area contributed by atoms with Crippen LogP contribution in [0.4, 0.5) is 8.78 Å². The fraction of sp³-hybridized carbons (Fsp3) is 0.538. The number of nitrogens with zero attached hydrogens (tertiary/aromatic N) is 2. The molecule has 0 bridgehead atoms. The highest BCUT2D eigenvalue weighted by molar-refractivity contribution is 5.90. The van der Waals surface area contributed by atoms with Gasteiger partial charge in [0.05, 0.1) is 36.9 Å². The molecule has 0 radical (unpaired) electrons. The standard InChI is InChI=1S/C26H35F2N5O3/c1-15(2)23(34)14-29-21(12-24(35)33-10-6-5-7-16(33)3)26(36)31-17(4)25-30-13-22(32-25)19-9-8-18(27)11-20(19)28/h8-9,11,13,15-17,21,29H,5-7,10,12,14H2,1-4H3,(H,30,32)(H,31,36)/t16-,17?,21?/m0/s1. The van der Waals surface area contributed by atoms with E-state index in [0.717, 1.165) is 31.4 Å². The molecule has 1 aliphatic heterocycles. The van der Waals surface area contributed by atoms with Crippen molar-refractivity contribution in [3.8, 4) is 11.3 Å². The number of aromatic amines is 1. The van der Waals surface area contributed by atoms with Gasteiger partial charge in [0, 0.05) is 30.1 Å². The Hall–Kier alpha value is -3.14. The van der Waals surface area contributed by atoms with E-state index < -0.39 is 29.6 Å². The Kier molecular flexibility index (Phi) is 9.31. The summed E-state index contributed by atoms with van der Waals surface area (Å²) in [5.41, 5.74) is 0.497. The van der Waals surface area contributed by atoms with Gasteiger partial charge >= 0.3 is 0 Å². The first-order valence-electron chi connectivity index (χ1n) is 12.4. The first-order chi connectivity index (χ1) is 17.1. The summed E-state index contributed by atoms with van der Waals surface area (Å²) >= 11 is 0. The van der Waals surface area contributed by atoms with Crippen molar-refractivity contribution in [2.75, 3.05) is 13.1 Å². The number of nitrogens with one attached hydrogen (secondary N) is 3. The zero-order valence-corrected chi connectivity index (χ0v) is 21.2. The number of rotatable bonds is 10. The van der Waals surface area contributed by atoms with Gasteiger partial charge in [-0.25, -0.2) is 13.8 Å². The van der Waals surface area contributed by atoms with Crippen LogP contribution in [0, 0.1) is 17.6 Å². The van der Waals surface area contributed by atoms with Crippen molar-refractivity contribution in [3.05, 3.63) is 41.9 Å². The fourth-order valence-corrected chi connectivity index (χ4v) is 4.23. The molecule has 196 valence electrons. The summed E-state index contributed by atoms with van der Waals surface area (Å²) < 4.78 is 27.4. The van der Waals surface area contributed by atoms with E-state index in [4.69, 9.17) is 0 Å². The molecule has 1 fully saturated rings. The molecule has 2 unspecified atom stereocenters. The Bertz CT molecular complexity index is 1090. The van der Waals surface area contributed by atoms with Gasteiger partial charge in [0.1, 0.15) is 23.2 Å². The number of Topliss-reactive ketones (excluding diaryl/α,β-unsaturated/α-hetero) is 1. The van der Waals surface area contributed by atoms with E-state index in [1.165, 1.54) is 12.3 Å². The lowest BCUT2D eigenvalue weighted by Crippen LogP contribution is -2.51. The molecule has 0 aliphatic carbocycles. The van der Waals surface area contributed by atoms with Gasteiger partial charge in [0.15, 0.2) is 0 Å². The average molecular weight is 504 g/mol. The summed E-state index contributed by atoms with van der Waals surface area (Å²) in [6, 6.07) is 1.86. The summed E-state index contributed by atoms with van der Waals surface area (Å²) in [7, 11) is 0. The van der Waals surface area contributed by atoms with Crippen LogP contribution in [-0.4, -0.2) is 57.6 Å². The van der Waals surface area contributed by atoms with Crippen LogP contribution in [-0.2, 0) is 14.4 Å². The molecule has 0 spiro atoms. The third-order valence-corrected chi connectivity index (χ3v) is 6.57. The molecule has 2 amide bonds. The minimum Gasteiger partial charge on any atom is -0.345 e. The van der Waals surface area contributed by atoms with E-state index in [1.807, 2.05) is 6.92 Å². The highest BCUT2D eigenvalue weighted by Gasteiger charge is 2.30. The van der Waals surface area contributed by atoms with Gasteiger partial charge in [-0.2, -0.15) is 0 Å². The molecule has 2 aromatic rings. The molecule has 3 rings (SSSR count). The van der Waals surface area contributed by atoms with Crippen LogP contribution in [0.25, 0.3) is 11.3 Å². The number of carbonyl (C=O) groups excluding carboxylic acids is 3. The molecule has 10 heteroatoms. The van der Waals surface area contributed by atoms with Crippen LogP contribution in [0.3, 0.4) is 0 Å². The van der Waals surface area contributed by atoms with E-state index in [1.54, 1.807) is 25.7 Å². The Morgan fingerprint density at radius 3 is 2.61 bits per heavy atom. The second-order valence-electron chi connectivity index (χ2n) is 9.73. The van der Waals surface area contributed by atoms with Crippen LogP contribution >= 0.6 is 0 Å². The van der Waals surface area contributed by atoms with Crippen LogP contribution in [0.5, 0.6) is 0 Å². The molecule has 2 heterocycles. The molecule has 1 aliphatic rings. The quantitative estimate of drug-likeness (QED) is 0.460. The van der Waals surface area contributed by atoms with Crippen LogP contribution in [0.15, 0.2) is 24.4 Å². The molecule has 3 atom stereocenters. The number of hydrogen-bond donors (Lipinski definition) is 3. The van der Waals surface area contributed by atoms with E-state index in [2.05, 4.69) is 20.6 Å². The molecule has 0 saturated carbocycles. The lowest BCUT2D eigenvalue weighted by atomic mass is 10.0. The van der Waals surface area contributed by atoms with Crippen LogP contribution in [0.2, 0.25) is 0 Å². The molecule has 1 saturated heterocycles.